The number of benzene rings is 2. The molecule has 0 radical (unpaired) electrons. The maximum absolute atomic E-state index is 12.5. The quantitative estimate of drug-likeness (QED) is 0.522. The number of hydrogen-bond acceptors (Lipinski definition) is 5. The van der Waals surface area contributed by atoms with Crippen molar-refractivity contribution in [3.63, 3.8) is 0 Å². The minimum atomic E-state index is -0.871. The van der Waals surface area contributed by atoms with Crippen molar-refractivity contribution in [3.05, 3.63) is 59.7 Å². The molecule has 8 heteroatoms. The average molecular weight is 483 g/mol. The zero-order valence-electron chi connectivity index (χ0n) is 19.1. The van der Waals surface area contributed by atoms with Crippen LogP contribution in [0.1, 0.15) is 42.7 Å². The summed E-state index contributed by atoms with van der Waals surface area (Å²) in [6.07, 6.45) is 2.15. The number of nitrogens with one attached hydrogen (secondary N) is 1. The summed E-state index contributed by atoms with van der Waals surface area (Å²) < 4.78 is 5.52. The lowest BCUT2D eigenvalue weighted by molar-refractivity contribution is -0.141. The van der Waals surface area contributed by atoms with Crippen molar-refractivity contribution in [3.8, 4) is 11.1 Å². The van der Waals surface area contributed by atoms with Crippen molar-refractivity contribution < 1.29 is 24.2 Å². The second-order valence-electron chi connectivity index (χ2n) is 8.64. The fourth-order valence-corrected chi connectivity index (χ4v) is 5.59. The minimum absolute atomic E-state index is 0.000252. The van der Waals surface area contributed by atoms with Crippen molar-refractivity contribution in [2.24, 2.45) is 0 Å². The van der Waals surface area contributed by atoms with Gasteiger partial charge in [-0.1, -0.05) is 48.5 Å². The molecule has 0 bridgehead atoms. The van der Waals surface area contributed by atoms with Crippen LogP contribution in [0.15, 0.2) is 48.5 Å². The molecule has 1 atom stereocenters. The Hall–Kier alpha value is -3.00. The normalized spacial score (nSPS) is 17.1. The van der Waals surface area contributed by atoms with Gasteiger partial charge in [-0.05, 0) is 41.5 Å². The number of amides is 2. The Morgan fingerprint density at radius 1 is 1.03 bits per heavy atom. The Morgan fingerprint density at radius 2 is 1.71 bits per heavy atom. The van der Waals surface area contributed by atoms with Crippen LogP contribution in [-0.4, -0.2) is 65.2 Å². The average Bonchev–Trinajstić information content (AvgIpc) is 3.16. The first-order valence-corrected chi connectivity index (χ1v) is 12.9. The van der Waals surface area contributed by atoms with E-state index in [1.165, 1.54) is 34.0 Å². The molecule has 1 aliphatic carbocycles. The number of likely N-dealkylation sites (tertiary alicyclic amines) is 1. The number of carboxylic acids is 1. The Bertz CT molecular complexity index is 998. The van der Waals surface area contributed by atoms with Gasteiger partial charge in [-0.25, -0.2) is 4.79 Å². The van der Waals surface area contributed by atoms with Crippen LogP contribution < -0.4 is 5.32 Å². The maximum atomic E-state index is 12.5. The first-order chi connectivity index (χ1) is 16.5. The van der Waals surface area contributed by atoms with Gasteiger partial charge >= 0.3 is 12.1 Å². The van der Waals surface area contributed by atoms with Gasteiger partial charge in [0.25, 0.3) is 0 Å². The highest BCUT2D eigenvalue weighted by Gasteiger charge is 2.29. The number of carbonyl (C=O) groups excluding carboxylic acids is 2. The minimum Gasteiger partial charge on any atom is -0.481 e. The molecule has 7 nitrogen and oxygen atoms in total. The fourth-order valence-electron chi connectivity index (χ4n) is 4.86. The molecule has 2 aromatic rings. The molecule has 180 valence electrons. The summed E-state index contributed by atoms with van der Waals surface area (Å²) in [6, 6.07) is 16.2. The number of alkyl carbamates (subject to hydrolysis) is 1. The third-order valence-electron chi connectivity index (χ3n) is 6.44. The Balaban J connectivity index is 1.18. The topological polar surface area (TPSA) is 95.9 Å². The van der Waals surface area contributed by atoms with Gasteiger partial charge in [0.05, 0.1) is 12.2 Å². The van der Waals surface area contributed by atoms with Crippen LogP contribution in [-0.2, 0) is 14.3 Å². The molecule has 2 aliphatic rings. The van der Waals surface area contributed by atoms with Gasteiger partial charge in [0, 0.05) is 30.8 Å². The molecule has 0 spiro atoms. The molecule has 34 heavy (non-hydrogen) atoms. The molecule has 1 fully saturated rings. The molecule has 4 rings (SSSR count). The lowest BCUT2D eigenvalue weighted by Gasteiger charge is -2.35. The maximum Gasteiger partial charge on any atom is 0.407 e. The van der Waals surface area contributed by atoms with E-state index in [9.17, 15) is 14.4 Å². The molecular weight excluding hydrogens is 452 g/mol. The number of thioether (sulfide) groups is 1. The zero-order chi connectivity index (χ0) is 23.9. The molecule has 1 heterocycles. The Labute approximate surface area is 203 Å². The molecule has 2 amide bonds. The van der Waals surface area contributed by atoms with Gasteiger partial charge in [0.2, 0.25) is 5.91 Å². The first kappa shape index (κ1) is 24.1. The van der Waals surface area contributed by atoms with Crippen LogP contribution in [0.4, 0.5) is 4.79 Å². The van der Waals surface area contributed by atoms with Gasteiger partial charge in [-0.2, -0.15) is 11.8 Å². The van der Waals surface area contributed by atoms with E-state index in [0.29, 0.717) is 18.8 Å². The second-order valence-corrected chi connectivity index (χ2v) is 9.74. The largest absolute Gasteiger partial charge is 0.481 e. The van der Waals surface area contributed by atoms with Crippen LogP contribution in [0.25, 0.3) is 11.1 Å². The van der Waals surface area contributed by atoms with Crippen LogP contribution in [0.3, 0.4) is 0 Å². The number of piperidine rings is 1. The third-order valence-corrected chi connectivity index (χ3v) is 7.39. The number of carbonyl (C=O) groups is 3. The lowest BCUT2D eigenvalue weighted by Crippen LogP contribution is -2.45. The fraction of sp³-hybridized carbons (Fsp3) is 0.423. The summed E-state index contributed by atoms with van der Waals surface area (Å²) in [5.74, 6) is -0.0225. The zero-order valence-corrected chi connectivity index (χ0v) is 19.9. The molecule has 2 aromatic carbocycles. The van der Waals surface area contributed by atoms with E-state index in [-0.39, 0.29) is 36.6 Å². The molecule has 0 aromatic heterocycles. The van der Waals surface area contributed by atoms with Crippen molar-refractivity contribution in [1.82, 2.24) is 10.2 Å². The number of ether oxygens (including phenoxy) is 1. The molecule has 0 saturated carbocycles. The Morgan fingerprint density at radius 3 is 2.38 bits per heavy atom. The van der Waals surface area contributed by atoms with Crippen LogP contribution in [0.2, 0.25) is 0 Å². The van der Waals surface area contributed by atoms with Crippen LogP contribution in [0, 0.1) is 0 Å². The SMILES string of the molecule is O=C(O)C[C@H]1CCCCN1C(=O)CSCCNC(=O)OCC1c2ccccc2-c2ccccc21. The van der Waals surface area contributed by atoms with Crippen molar-refractivity contribution in [2.75, 3.05) is 31.2 Å². The molecule has 2 N–H and O–H groups in total. The van der Waals surface area contributed by atoms with Crippen LogP contribution in [0.5, 0.6) is 0 Å². The molecular formula is C26H30N2O5S. The van der Waals surface area contributed by atoms with Gasteiger partial charge in [-0.15, -0.1) is 0 Å². The highest BCUT2D eigenvalue weighted by molar-refractivity contribution is 7.99. The summed E-state index contributed by atoms with van der Waals surface area (Å²) in [5.41, 5.74) is 4.72. The second kappa shape index (κ2) is 11.4. The molecule has 1 aliphatic heterocycles. The summed E-state index contributed by atoms with van der Waals surface area (Å²) in [7, 11) is 0. The number of fused-ring (bicyclic) bond motifs is 3. The van der Waals surface area contributed by atoms with Gasteiger partial charge in [0.15, 0.2) is 0 Å². The molecule has 0 unspecified atom stereocenters. The van der Waals surface area contributed by atoms with Crippen molar-refractivity contribution >= 4 is 29.7 Å². The summed E-state index contributed by atoms with van der Waals surface area (Å²) in [6.45, 7) is 1.29. The number of aliphatic carboxylic acids is 1. The van der Waals surface area contributed by atoms with E-state index in [4.69, 9.17) is 9.84 Å². The van der Waals surface area contributed by atoms with E-state index in [1.807, 2.05) is 24.3 Å². The highest BCUT2D eigenvalue weighted by Crippen LogP contribution is 2.44. The summed E-state index contributed by atoms with van der Waals surface area (Å²) in [5, 5.41) is 11.8. The van der Waals surface area contributed by atoms with Gasteiger partial charge in [0.1, 0.15) is 6.61 Å². The van der Waals surface area contributed by atoms with Crippen molar-refractivity contribution in [1.29, 1.82) is 0 Å². The smallest absolute Gasteiger partial charge is 0.407 e. The van der Waals surface area contributed by atoms with E-state index in [0.717, 1.165) is 19.3 Å². The van der Waals surface area contributed by atoms with Gasteiger partial charge in [-0.3, -0.25) is 9.59 Å². The number of carboxylic acid groups (broad SMARTS) is 1. The first-order valence-electron chi connectivity index (χ1n) is 11.7. The van der Waals surface area contributed by atoms with Gasteiger partial charge < -0.3 is 20.1 Å². The highest BCUT2D eigenvalue weighted by atomic mass is 32.2. The lowest BCUT2D eigenvalue weighted by atomic mass is 9.98. The van der Waals surface area contributed by atoms with E-state index >= 15 is 0 Å². The summed E-state index contributed by atoms with van der Waals surface area (Å²) in [4.78, 5) is 37.6. The monoisotopic (exact) mass is 482 g/mol. The van der Waals surface area contributed by atoms with E-state index in [1.54, 1.807) is 4.90 Å². The number of rotatable bonds is 9. The van der Waals surface area contributed by atoms with E-state index in [2.05, 4.69) is 29.6 Å². The predicted molar refractivity (Wildman–Crippen MR) is 132 cm³/mol. The molecule has 1 saturated heterocycles. The third kappa shape index (κ3) is 5.73. The Kier molecular flexibility index (Phi) is 8.11. The van der Waals surface area contributed by atoms with E-state index < -0.39 is 12.1 Å². The summed E-state index contributed by atoms with van der Waals surface area (Å²) >= 11 is 1.43. The number of hydrogen-bond donors (Lipinski definition) is 2. The standard InChI is InChI=1S/C26H30N2O5S/c29-24(28-13-6-5-7-18(28)15-25(30)31)17-34-14-12-27-26(32)33-16-23-21-10-3-1-8-19(21)20-9-2-4-11-22(20)23/h1-4,8-11,18,23H,5-7,12-17H2,(H,27,32)(H,30,31)/t18-/m1/s1. The van der Waals surface area contributed by atoms with Crippen molar-refractivity contribution in [2.45, 2.75) is 37.6 Å². The van der Waals surface area contributed by atoms with Crippen LogP contribution >= 0.6 is 11.8 Å². The number of nitrogens with zero attached hydrogens (tertiary/aromatic N) is 1. The predicted octanol–water partition coefficient (Wildman–Crippen LogP) is 4.11.